The lowest BCUT2D eigenvalue weighted by molar-refractivity contribution is 0.0954. The van der Waals surface area contributed by atoms with Crippen LogP contribution >= 0.6 is 0 Å². The van der Waals surface area contributed by atoms with Gasteiger partial charge in [0.15, 0.2) is 5.82 Å². The average molecular weight is 216 g/mol. The zero-order chi connectivity index (χ0) is 11.5. The highest BCUT2D eigenvalue weighted by molar-refractivity contribution is 5.90. The first kappa shape index (κ1) is 10.4. The molecule has 1 amide bonds. The second-order valence-corrected chi connectivity index (χ2v) is 3.41. The monoisotopic (exact) mass is 216 g/mol. The molecule has 0 aromatic carbocycles. The van der Waals surface area contributed by atoms with Crippen molar-refractivity contribution in [3.05, 3.63) is 36.0 Å². The van der Waals surface area contributed by atoms with Crippen LogP contribution in [0.3, 0.4) is 0 Å². The molecule has 0 aliphatic rings. The van der Waals surface area contributed by atoms with E-state index in [0.29, 0.717) is 5.82 Å². The molecule has 5 nitrogen and oxygen atoms in total. The van der Waals surface area contributed by atoms with Crippen molar-refractivity contribution in [1.29, 1.82) is 0 Å². The highest BCUT2D eigenvalue weighted by Gasteiger charge is 2.08. The van der Waals surface area contributed by atoms with Crippen LogP contribution in [0.1, 0.15) is 16.3 Å². The van der Waals surface area contributed by atoms with Gasteiger partial charge in [0.2, 0.25) is 0 Å². The predicted molar refractivity (Wildman–Crippen MR) is 59.9 cm³/mol. The van der Waals surface area contributed by atoms with Crippen LogP contribution in [-0.4, -0.2) is 27.9 Å². The van der Waals surface area contributed by atoms with E-state index in [1.807, 2.05) is 19.1 Å². The summed E-state index contributed by atoms with van der Waals surface area (Å²) in [6.45, 7) is 1.92. The van der Waals surface area contributed by atoms with Crippen LogP contribution < -0.4 is 5.32 Å². The molecular weight excluding hydrogens is 204 g/mol. The Hall–Kier alpha value is -2.17. The average Bonchev–Trinajstić information content (AvgIpc) is 2.77. The summed E-state index contributed by atoms with van der Waals surface area (Å²) in [4.78, 5) is 22.4. The molecule has 0 spiro atoms. The molecule has 2 rings (SSSR count). The Labute approximate surface area is 92.9 Å². The molecule has 2 aromatic rings. The number of H-pyrrole nitrogens is 1. The number of nitrogens with one attached hydrogen (secondary N) is 2. The lowest BCUT2D eigenvalue weighted by Gasteiger charge is -1.98. The third-order valence-corrected chi connectivity index (χ3v) is 2.23. The van der Waals surface area contributed by atoms with Gasteiger partial charge in [0, 0.05) is 24.5 Å². The zero-order valence-corrected chi connectivity index (χ0v) is 9.11. The maximum atomic E-state index is 11.3. The van der Waals surface area contributed by atoms with Crippen LogP contribution in [0, 0.1) is 6.92 Å². The molecule has 0 saturated heterocycles. The van der Waals surface area contributed by atoms with Gasteiger partial charge in [-0.3, -0.25) is 9.78 Å². The first-order valence-electron chi connectivity index (χ1n) is 4.91. The fourth-order valence-electron chi connectivity index (χ4n) is 1.41. The van der Waals surface area contributed by atoms with Gasteiger partial charge in [-0.2, -0.15) is 0 Å². The molecule has 0 aliphatic carbocycles. The maximum Gasteiger partial charge on any atom is 0.286 e. The van der Waals surface area contributed by atoms with Crippen molar-refractivity contribution in [3.8, 4) is 11.3 Å². The second-order valence-electron chi connectivity index (χ2n) is 3.41. The van der Waals surface area contributed by atoms with Crippen molar-refractivity contribution in [2.75, 3.05) is 7.05 Å². The minimum Gasteiger partial charge on any atom is -0.352 e. The van der Waals surface area contributed by atoms with Gasteiger partial charge >= 0.3 is 0 Å². The quantitative estimate of drug-likeness (QED) is 0.790. The standard InChI is InChI=1S/C11H12N4O/c1-7-5-8(3-4-13-7)9-6-14-10(15-9)11(16)12-2/h3-6H,1-2H3,(H,12,16)(H,14,15). The number of hydrogen-bond acceptors (Lipinski definition) is 3. The van der Waals surface area contributed by atoms with Crippen molar-refractivity contribution in [2.24, 2.45) is 0 Å². The Morgan fingerprint density at radius 3 is 2.94 bits per heavy atom. The Balaban J connectivity index is 2.35. The molecule has 2 N–H and O–H groups in total. The van der Waals surface area contributed by atoms with Crippen molar-refractivity contribution < 1.29 is 4.79 Å². The SMILES string of the molecule is CNC(=O)c1ncc(-c2ccnc(C)c2)[nH]1. The molecule has 2 aromatic heterocycles. The number of pyridine rings is 1. The van der Waals surface area contributed by atoms with Gasteiger partial charge in [-0.25, -0.2) is 4.98 Å². The van der Waals surface area contributed by atoms with Crippen LogP contribution in [0.2, 0.25) is 0 Å². The molecule has 2 heterocycles. The minimum absolute atomic E-state index is 0.225. The van der Waals surface area contributed by atoms with E-state index in [4.69, 9.17) is 0 Å². The normalized spacial score (nSPS) is 10.1. The number of aromatic amines is 1. The van der Waals surface area contributed by atoms with E-state index in [1.54, 1.807) is 19.4 Å². The summed E-state index contributed by atoms with van der Waals surface area (Å²) in [5.74, 6) is 0.0870. The molecule has 0 radical (unpaired) electrons. The van der Waals surface area contributed by atoms with Crippen molar-refractivity contribution in [3.63, 3.8) is 0 Å². The number of nitrogens with zero attached hydrogens (tertiary/aromatic N) is 2. The van der Waals surface area contributed by atoms with Crippen LogP contribution in [0.5, 0.6) is 0 Å². The van der Waals surface area contributed by atoms with Gasteiger partial charge in [-0.1, -0.05) is 0 Å². The van der Waals surface area contributed by atoms with Gasteiger partial charge in [-0.15, -0.1) is 0 Å². The highest BCUT2D eigenvalue weighted by Crippen LogP contribution is 2.16. The number of carbonyl (C=O) groups excluding carboxylic acids is 1. The lowest BCUT2D eigenvalue weighted by Crippen LogP contribution is -2.19. The van der Waals surface area contributed by atoms with E-state index in [-0.39, 0.29) is 5.91 Å². The van der Waals surface area contributed by atoms with Crippen LogP contribution in [-0.2, 0) is 0 Å². The predicted octanol–water partition coefficient (Wildman–Crippen LogP) is 1.14. The molecule has 0 fully saturated rings. The Morgan fingerprint density at radius 2 is 2.25 bits per heavy atom. The van der Waals surface area contributed by atoms with Crippen LogP contribution in [0.4, 0.5) is 0 Å². The lowest BCUT2D eigenvalue weighted by atomic mass is 10.2. The molecular formula is C11H12N4O. The summed E-state index contributed by atoms with van der Waals surface area (Å²) < 4.78 is 0. The number of rotatable bonds is 2. The van der Waals surface area contributed by atoms with Gasteiger partial charge in [0.05, 0.1) is 11.9 Å². The fourth-order valence-corrected chi connectivity index (χ4v) is 1.41. The minimum atomic E-state index is -0.225. The van der Waals surface area contributed by atoms with Crippen molar-refractivity contribution in [1.82, 2.24) is 20.3 Å². The third kappa shape index (κ3) is 1.93. The Bertz CT molecular complexity index is 518. The number of imidazole rings is 1. The summed E-state index contributed by atoms with van der Waals surface area (Å²) in [5, 5.41) is 2.51. The molecule has 82 valence electrons. The third-order valence-electron chi connectivity index (χ3n) is 2.23. The number of carbonyl (C=O) groups is 1. The van der Waals surface area contributed by atoms with Gasteiger partial charge in [0.25, 0.3) is 5.91 Å². The largest absolute Gasteiger partial charge is 0.352 e. The number of amides is 1. The highest BCUT2D eigenvalue weighted by atomic mass is 16.2. The Kier molecular flexibility index (Phi) is 2.68. The number of aryl methyl sites for hydroxylation is 1. The first-order chi connectivity index (χ1) is 7.70. The van der Waals surface area contributed by atoms with Gasteiger partial charge < -0.3 is 10.3 Å². The smallest absolute Gasteiger partial charge is 0.286 e. The molecule has 0 aliphatic heterocycles. The molecule has 5 heteroatoms. The molecule has 0 bridgehead atoms. The van der Waals surface area contributed by atoms with E-state index in [9.17, 15) is 4.79 Å². The molecule has 0 unspecified atom stereocenters. The van der Waals surface area contributed by atoms with Crippen molar-refractivity contribution in [2.45, 2.75) is 6.92 Å². The Morgan fingerprint density at radius 1 is 1.44 bits per heavy atom. The molecule has 0 saturated carbocycles. The summed E-state index contributed by atoms with van der Waals surface area (Å²) >= 11 is 0. The molecule has 16 heavy (non-hydrogen) atoms. The number of aromatic nitrogens is 3. The molecule has 0 atom stereocenters. The van der Waals surface area contributed by atoms with Gasteiger partial charge in [0.1, 0.15) is 0 Å². The van der Waals surface area contributed by atoms with E-state index >= 15 is 0 Å². The summed E-state index contributed by atoms with van der Waals surface area (Å²) in [5.41, 5.74) is 2.70. The first-order valence-corrected chi connectivity index (χ1v) is 4.91. The van der Waals surface area contributed by atoms with E-state index in [2.05, 4.69) is 20.3 Å². The van der Waals surface area contributed by atoms with Crippen LogP contribution in [0.15, 0.2) is 24.5 Å². The van der Waals surface area contributed by atoms with E-state index in [1.165, 1.54) is 0 Å². The van der Waals surface area contributed by atoms with E-state index in [0.717, 1.165) is 17.0 Å². The van der Waals surface area contributed by atoms with Gasteiger partial charge in [-0.05, 0) is 19.1 Å². The van der Waals surface area contributed by atoms with E-state index < -0.39 is 0 Å². The number of hydrogen-bond donors (Lipinski definition) is 2. The zero-order valence-electron chi connectivity index (χ0n) is 9.11. The summed E-state index contributed by atoms with van der Waals surface area (Å²) in [6, 6.07) is 3.80. The van der Waals surface area contributed by atoms with Crippen LogP contribution in [0.25, 0.3) is 11.3 Å². The summed E-state index contributed by atoms with van der Waals surface area (Å²) in [7, 11) is 1.57. The fraction of sp³-hybridized carbons (Fsp3) is 0.182. The topological polar surface area (TPSA) is 70.7 Å². The second kappa shape index (κ2) is 4.14. The van der Waals surface area contributed by atoms with Crippen molar-refractivity contribution >= 4 is 5.91 Å². The summed E-state index contributed by atoms with van der Waals surface area (Å²) in [6.07, 6.45) is 3.37. The maximum absolute atomic E-state index is 11.3.